The van der Waals surface area contributed by atoms with Gasteiger partial charge in [-0.05, 0) is 31.5 Å². The molecule has 0 fully saturated rings. The lowest BCUT2D eigenvalue weighted by Crippen LogP contribution is -2.43. The Morgan fingerprint density at radius 3 is 2.57 bits per heavy atom. The number of halogens is 1. The molecule has 0 radical (unpaired) electrons. The van der Waals surface area contributed by atoms with Crippen molar-refractivity contribution < 1.29 is 9.90 Å². The first-order chi connectivity index (χ1) is 10.8. The number of hydrogen-bond donors (Lipinski definition) is 2. The average molecular weight is 334 g/mol. The zero-order valence-electron chi connectivity index (χ0n) is 13.2. The Hall–Kier alpha value is -2.11. The van der Waals surface area contributed by atoms with Crippen molar-refractivity contribution in [3.8, 4) is 0 Å². The molecule has 1 aromatic carbocycles. The van der Waals surface area contributed by atoms with Crippen LogP contribution in [-0.4, -0.2) is 33.2 Å². The first kappa shape index (κ1) is 17.2. The third-order valence-electron chi connectivity index (χ3n) is 3.08. The van der Waals surface area contributed by atoms with Crippen LogP contribution in [-0.2, 0) is 6.54 Å². The molecule has 0 spiro atoms. The van der Waals surface area contributed by atoms with Crippen molar-refractivity contribution in [2.24, 2.45) is 0 Å². The van der Waals surface area contributed by atoms with Gasteiger partial charge < -0.3 is 15.3 Å². The van der Waals surface area contributed by atoms with Crippen LogP contribution in [0.15, 0.2) is 48.7 Å². The minimum atomic E-state index is -1.01. The highest BCUT2D eigenvalue weighted by Crippen LogP contribution is 2.19. The van der Waals surface area contributed by atoms with E-state index in [1.807, 2.05) is 30.3 Å². The zero-order valence-corrected chi connectivity index (χ0v) is 13.9. The van der Waals surface area contributed by atoms with Gasteiger partial charge in [0.05, 0.1) is 17.8 Å². The number of benzene rings is 1. The van der Waals surface area contributed by atoms with E-state index in [0.717, 1.165) is 5.56 Å². The molecule has 6 heteroatoms. The second-order valence-electron chi connectivity index (χ2n) is 5.93. The van der Waals surface area contributed by atoms with Crippen molar-refractivity contribution in [3.05, 3.63) is 59.4 Å². The Balaban J connectivity index is 2.15. The van der Waals surface area contributed by atoms with Crippen molar-refractivity contribution in [2.45, 2.75) is 26.0 Å². The van der Waals surface area contributed by atoms with E-state index in [2.05, 4.69) is 10.3 Å². The monoisotopic (exact) mass is 333 g/mol. The minimum absolute atomic E-state index is 0.186. The molecule has 0 aliphatic rings. The van der Waals surface area contributed by atoms with E-state index in [4.69, 9.17) is 11.6 Å². The number of anilines is 1. The predicted octanol–water partition coefficient (Wildman–Crippen LogP) is 3.54. The Morgan fingerprint density at radius 1 is 1.26 bits per heavy atom. The molecule has 122 valence electrons. The van der Waals surface area contributed by atoms with Gasteiger partial charge in [-0.2, -0.15) is 0 Å². The molecule has 1 heterocycles. The van der Waals surface area contributed by atoms with Gasteiger partial charge in [0, 0.05) is 12.7 Å². The zero-order chi connectivity index (χ0) is 16.9. The number of urea groups is 1. The summed E-state index contributed by atoms with van der Waals surface area (Å²) in [6.45, 7) is 3.89. The van der Waals surface area contributed by atoms with E-state index in [-0.39, 0.29) is 17.7 Å². The minimum Gasteiger partial charge on any atom is -0.389 e. The fourth-order valence-electron chi connectivity index (χ4n) is 2.14. The second-order valence-corrected chi connectivity index (χ2v) is 6.28. The molecule has 0 unspecified atom stereocenters. The number of aliphatic hydroxyl groups is 1. The lowest BCUT2D eigenvalue weighted by molar-refractivity contribution is 0.0469. The summed E-state index contributed by atoms with van der Waals surface area (Å²) in [5, 5.41) is 13.0. The van der Waals surface area contributed by atoms with Gasteiger partial charge in [0.2, 0.25) is 0 Å². The molecule has 2 aromatic rings. The van der Waals surface area contributed by atoms with Gasteiger partial charge in [-0.3, -0.25) is 0 Å². The Bertz CT molecular complexity index is 656. The first-order valence-corrected chi connectivity index (χ1v) is 7.66. The maximum absolute atomic E-state index is 12.6. The summed E-state index contributed by atoms with van der Waals surface area (Å²) in [6.07, 6.45) is 1.55. The molecule has 0 atom stereocenters. The lowest BCUT2D eigenvalue weighted by atomic mass is 10.1. The van der Waals surface area contributed by atoms with Crippen LogP contribution in [0.2, 0.25) is 5.15 Å². The molecular weight excluding hydrogens is 314 g/mol. The maximum atomic E-state index is 12.6. The summed E-state index contributed by atoms with van der Waals surface area (Å²) in [6, 6.07) is 12.6. The molecule has 2 rings (SSSR count). The lowest BCUT2D eigenvalue weighted by Gasteiger charge is -2.29. The summed E-state index contributed by atoms with van der Waals surface area (Å²) < 4.78 is 0. The summed E-state index contributed by atoms with van der Waals surface area (Å²) in [4.78, 5) is 18.0. The SMILES string of the molecule is CC(C)(O)CN(Cc1ccccc1)C(=O)Nc1cccnc1Cl. The maximum Gasteiger partial charge on any atom is 0.322 e. The molecule has 5 nitrogen and oxygen atoms in total. The summed E-state index contributed by atoms with van der Waals surface area (Å²) in [5.41, 5.74) is 0.405. The summed E-state index contributed by atoms with van der Waals surface area (Å²) in [5.74, 6) is 0. The van der Waals surface area contributed by atoms with Gasteiger partial charge in [-0.25, -0.2) is 9.78 Å². The molecule has 2 amide bonds. The van der Waals surface area contributed by atoms with Gasteiger partial charge >= 0.3 is 6.03 Å². The van der Waals surface area contributed by atoms with Crippen molar-refractivity contribution in [3.63, 3.8) is 0 Å². The Kier molecular flexibility index (Phi) is 5.58. The number of carbonyl (C=O) groups excluding carboxylic acids is 1. The summed E-state index contributed by atoms with van der Waals surface area (Å²) in [7, 11) is 0. The van der Waals surface area contributed by atoms with Crippen molar-refractivity contribution in [2.75, 3.05) is 11.9 Å². The largest absolute Gasteiger partial charge is 0.389 e. The topological polar surface area (TPSA) is 65.5 Å². The van der Waals surface area contributed by atoms with E-state index < -0.39 is 5.60 Å². The van der Waals surface area contributed by atoms with Crippen LogP contribution in [0.3, 0.4) is 0 Å². The van der Waals surface area contributed by atoms with E-state index >= 15 is 0 Å². The number of pyridine rings is 1. The number of rotatable bonds is 5. The molecule has 0 aliphatic carbocycles. The van der Waals surface area contributed by atoms with Gasteiger partial charge in [-0.15, -0.1) is 0 Å². The third kappa shape index (κ3) is 5.54. The van der Waals surface area contributed by atoms with Crippen LogP contribution in [0.4, 0.5) is 10.5 Å². The number of nitrogens with zero attached hydrogens (tertiary/aromatic N) is 2. The van der Waals surface area contributed by atoms with Crippen LogP contribution in [0.25, 0.3) is 0 Å². The highest BCUT2D eigenvalue weighted by atomic mass is 35.5. The number of amides is 2. The van der Waals surface area contributed by atoms with Crippen LogP contribution in [0.5, 0.6) is 0 Å². The van der Waals surface area contributed by atoms with Crippen LogP contribution >= 0.6 is 11.6 Å². The Labute approximate surface area is 140 Å². The van der Waals surface area contributed by atoms with Crippen LogP contribution in [0, 0.1) is 0 Å². The fraction of sp³-hybridized carbons (Fsp3) is 0.294. The first-order valence-electron chi connectivity index (χ1n) is 7.28. The van der Waals surface area contributed by atoms with Gasteiger partial charge in [0.1, 0.15) is 0 Å². The van der Waals surface area contributed by atoms with Gasteiger partial charge in [0.15, 0.2) is 5.15 Å². The van der Waals surface area contributed by atoms with E-state index in [1.165, 1.54) is 0 Å². The van der Waals surface area contributed by atoms with E-state index in [1.54, 1.807) is 37.1 Å². The number of carbonyl (C=O) groups is 1. The van der Waals surface area contributed by atoms with Crippen LogP contribution < -0.4 is 5.32 Å². The molecular formula is C17H20ClN3O2. The van der Waals surface area contributed by atoms with Gasteiger partial charge in [-0.1, -0.05) is 41.9 Å². The fourth-order valence-corrected chi connectivity index (χ4v) is 2.31. The second kappa shape index (κ2) is 7.44. The molecule has 0 saturated carbocycles. The number of nitrogens with one attached hydrogen (secondary N) is 1. The van der Waals surface area contributed by atoms with E-state index in [9.17, 15) is 9.90 Å². The predicted molar refractivity (Wildman–Crippen MR) is 91.4 cm³/mol. The molecule has 0 saturated heterocycles. The molecule has 23 heavy (non-hydrogen) atoms. The van der Waals surface area contributed by atoms with Gasteiger partial charge in [0.25, 0.3) is 0 Å². The van der Waals surface area contributed by atoms with Crippen molar-refractivity contribution >= 4 is 23.3 Å². The summed E-state index contributed by atoms with van der Waals surface area (Å²) >= 11 is 5.97. The van der Waals surface area contributed by atoms with Crippen molar-refractivity contribution in [1.82, 2.24) is 9.88 Å². The highest BCUT2D eigenvalue weighted by Gasteiger charge is 2.23. The molecule has 1 aromatic heterocycles. The quantitative estimate of drug-likeness (QED) is 0.822. The number of hydrogen-bond acceptors (Lipinski definition) is 3. The number of aromatic nitrogens is 1. The average Bonchev–Trinajstić information content (AvgIpc) is 2.48. The molecule has 0 aliphatic heterocycles. The van der Waals surface area contributed by atoms with Crippen LogP contribution in [0.1, 0.15) is 19.4 Å². The van der Waals surface area contributed by atoms with Crippen molar-refractivity contribution in [1.29, 1.82) is 0 Å². The smallest absolute Gasteiger partial charge is 0.322 e. The highest BCUT2D eigenvalue weighted by molar-refractivity contribution is 6.32. The van der Waals surface area contributed by atoms with E-state index in [0.29, 0.717) is 12.2 Å². The Morgan fingerprint density at radius 2 is 1.96 bits per heavy atom. The normalized spacial score (nSPS) is 11.1. The standard InChI is InChI=1S/C17H20ClN3O2/c1-17(2,23)12-21(11-13-7-4-3-5-8-13)16(22)20-14-9-6-10-19-15(14)18/h3-10,23H,11-12H2,1-2H3,(H,20,22). The molecule has 2 N–H and O–H groups in total. The third-order valence-corrected chi connectivity index (χ3v) is 3.38. The molecule has 0 bridgehead atoms.